The van der Waals surface area contributed by atoms with Crippen molar-refractivity contribution in [3.8, 4) is 11.8 Å². The Morgan fingerprint density at radius 3 is 2.46 bits per heavy atom. The number of carbonyl (C=O) groups is 2. The monoisotopic (exact) mass is 572 g/mol. The first-order chi connectivity index (χ1) is 18.8. The van der Waals surface area contributed by atoms with Gasteiger partial charge in [-0.1, -0.05) is 60.5 Å². The number of aromatic nitrogens is 1. The Morgan fingerprint density at radius 2 is 1.79 bits per heavy atom. The molecule has 4 N–H and O–H groups in total. The molecule has 0 saturated carbocycles. The first-order valence-electron chi connectivity index (χ1n) is 13.2. The number of hydrogen-bond donors (Lipinski definition) is 4. The highest BCUT2D eigenvalue weighted by Crippen LogP contribution is 2.25. The molecule has 2 aromatic carbocycles. The van der Waals surface area contributed by atoms with Crippen LogP contribution in [0.4, 0.5) is 0 Å². The Kier molecular flexibility index (Phi) is 9.78. The number of carbonyl (C=O) groups excluding carboxylic acids is 2. The average Bonchev–Trinajstić information content (AvgIpc) is 3.18. The van der Waals surface area contributed by atoms with Crippen molar-refractivity contribution >= 4 is 35.0 Å². The van der Waals surface area contributed by atoms with Crippen molar-refractivity contribution in [1.29, 1.82) is 0 Å². The van der Waals surface area contributed by atoms with Crippen molar-refractivity contribution in [2.24, 2.45) is 0 Å². The zero-order valence-electron chi connectivity index (χ0n) is 21.8. The third-order valence-electron chi connectivity index (χ3n) is 7.27. The van der Waals surface area contributed by atoms with Crippen molar-refractivity contribution in [1.82, 2.24) is 20.1 Å². The fourth-order valence-electron chi connectivity index (χ4n) is 4.98. The van der Waals surface area contributed by atoms with Crippen LogP contribution in [0.1, 0.15) is 48.0 Å². The van der Waals surface area contributed by atoms with E-state index in [9.17, 15) is 19.8 Å². The van der Waals surface area contributed by atoms with Crippen LogP contribution in [0.5, 0.6) is 11.8 Å². The largest absolute Gasteiger partial charge is 0.494 e. The maximum absolute atomic E-state index is 13.7. The van der Waals surface area contributed by atoms with Gasteiger partial charge in [-0.25, -0.2) is 0 Å². The summed E-state index contributed by atoms with van der Waals surface area (Å²) in [5.74, 6) is -0.248. The van der Waals surface area contributed by atoms with Crippen LogP contribution < -0.4 is 10.6 Å². The van der Waals surface area contributed by atoms with Crippen molar-refractivity contribution < 1.29 is 19.8 Å². The molecule has 2 heterocycles. The van der Waals surface area contributed by atoms with E-state index in [-0.39, 0.29) is 42.1 Å². The molecule has 1 aliphatic rings. The maximum Gasteiger partial charge on any atom is 0.251 e. The lowest BCUT2D eigenvalue weighted by Crippen LogP contribution is -2.49. The number of benzene rings is 2. The topological polar surface area (TPSA) is 107 Å². The zero-order chi connectivity index (χ0) is 27.9. The summed E-state index contributed by atoms with van der Waals surface area (Å²) >= 11 is 12.0. The molecule has 1 aromatic heterocycles. The second kappa shape index (κ2) is 13.2. The van der Waals surface area contributed by atoms with Crippen LogP contribution in [-0.2, 0) is 11.3 Å². The smallest absolute Gasteiger partial charge is 0.251 e. The number of rotatable bonds is 10. The lowest BCUT2D eigenvalue weighted by molar-refractivity contribution is -0.133. The van der Waals surface area contributed by atoms with Crippen LogP contribution in [-0.4, -0.2) is 63.2 Å². The molecule has 0 radical (unpaired) electrons. The second-order valence-corrected chi connectivity index (χ2v) is 10.6. The first-order valence-corrected chi connectivity index (χ1v) is 13.9. The van der Waals surface area contributed by atoms with Crippen LogP contribution in [0.15, 0.2) is 60.7 Å². The first kappa shape index (κ1) is 28.8. The molecule has 0 unspecified atom stereocenters. The SMILES string of the molecule is CC[C@H](CN1CC[C@@H](CNC(=O)c2ccc(Cl)c(Cl)c2)N[C@@H](CCn2c(O)ccc2O)C1=O)c1ccccc1. The fourth-order valence-corrected chi connectivity index (χ4v) is 5.28. The van der Waals surface area contributed by atoms with Crippen molar-refractivity contribution in [2.45, 2.75) is 50.7 Å². The Hall–Kier alpha value is -3.20. The van der Waals surface area contributed by atoms with E-state index in [1.807, 2.05) is 23.1 Å². The highest BCUT2D eigenvalue weighted by molar-refractivity contribution is 6.42. The van der Waals surface area contributed by atoms with Crippen molar-refractivity contribution in [3.63, 3.8) is 0 Å². The van der Waals surface area contributed by atoms with Gasteiger partial charge in [0.25, 0.3) is 5.91 Å². The molecule has 39 heavy (non-hydrogen) atoms. The van der Waals surface area contributed by atoms with Gasteiger partial charge < -0.3 is 25.7 Å². The molecule has 10 heteroatoms. The van der Waals surface area contributed by atoms with Gasteiger partial charge in [-0.15, -0.1) is 0 Å². The van der Waals surface area contributed by atoms with Crippen molar-refractivity contribution in [2.75, 3.05) is 19.6 Å². The molecule has 3 atom stereocenters. The third-order valence-corrected chi connectivity index (χ3v) is 8.00. The van der Waals surface area contributed by atoms with Crippen molar-refractivity contribution in [3.05, 3.63) is 81.8 Å². The number of hydrogen-bond acceptors (Lipinski definition) is 5. The standard InChI is InChI=1S/C29H34Cl2N4O4/c1-2-19(20-6-4-3-5-7-20)18-34-14-12-22(17-32-28(38)21-8-9-23(30)24(31)16-21)33-25(29(34)39)13-15-35-26(36)10-11-27(35)37/h3-11,16,19,22,25,33,36-37H,2,12-15,17-18H2,1H3,(H,32,38)/t19-,22+,25+/m1/s1. The van der Waals surface area contributed by atoms with E-state index in [4.69, 9.17) is 23.2 Å². The highest BCUT2D eigenvalue weighted by Gasteiger charge is 2.32. The van der Waals surface area contributed by atoms with E-state index in [0.29, 0.717) is 48.1 Å². The van der Waals surface area contributed by atoms with Gasteiger partial charge in [0.15, 0.2) is 11.8 Å². The third kappa shape index (κ3) is 7.26. The lowest BCUT2D eigenvalue weighted by atomic mass is 9.95. The molecule has 3 aromatic rings. The van der Waals surface area contributed by atoms with Crippen LogP contribution in [0.3, 0.4) is 0 Å². The summed E-state index contributed by atoms with van der Waals surface area (Å²) in [4.78, 5) is 28.4. The van der Waals surface area contributed by atoms with E-state index < -0.39 is 6.04 Å². The van der Waals surface area contributed by atoms with Gasteiger partial charge in [0.2, 0.25) is 5.91 Å². The van der Waals surface area contributed by atoms with Crippen LogP contribution in [0.25, 0.3) is 0 Å². The minimum atomic E-state index is -0.561. The summed E-state index contributed by atoms with van der Waals surface area (Å²) in [7, 11) is 0. The molecule has 2 amide bonds. The Labute approximate surface area is 238 Å². The van der Waals surface area contributed by atoms with E-state index in [0.717, 1.165) is 6.42 Å². The van der Waals surface area contributed by atoms with Crippen LogP contribution in [0, 0.1) is 0 Å². The van der Waals surface area contributed by atoms with Gasteiger partial charge in [-0.3, -0.25) is 14.2 Å². The molecule has 208 valence electrons. The van der Waals surface area contributed by atoms with Gasteiger partial charge in [0.05, 0.1) is 16.1 Å². The summed E-state index contributed by atoms with van der Waals surface area (Å²) in [6.45, 7) is 3.81. The molecule has 0 aliphatic carbocycles. The van der Waals surface area contributed by atoms with Gasteiger partial charge in [-0.05, 0) is 43.0 Å². The Morgan fingerprint density at radius 1 is 1.08 bits per heavy atom. The summed E-state index contributed by atoms with van der Waals surface area (Å²) < 4.78 is 1.37. The van der Waals surface area contributed by atoms with Gasteiger partial charge in [0, 0.05) is 55.8 Å². The summed E-state index contributed by atoms with van der Waals surface area (Å²) in [6.07, 6.45) is 1.89. The fraction of sp³-hybridized carbons (Fsp3) is 0.379. The normalized spacial score (nSPS) is 18.5. The van der Waals surface area contributed by atoms with E-state index in [1.54, 1.807) is 12.1 Å². The number of nitrogens with one attached hydrogen (secondary N) is 2. The zero-order valence-corrected chi connectivity index (χ0v) is 23.3. The predicted molar refractivity (Wildman–Crippen MR) is 153 cm³/mol. The predicted octanol–water partition coefficient (Wildman–Crippen LogP) is 4.78. The van der Waals surface area contributed by atoms with E-state index in [1.165, 1.54) is 28.3 Å². The molecule has 1 fully saturated rings. The lowest BCUT2D eigenvalue weighted by Gasteiger charge is -2.28. The number of halogens is 2. The van der Waals surface area contributed by atoms with Crippen LogP contribution >= 0.6 is 23.2 Å². The molecule has 4 rings (SSSR count). The van der Waals surface area contributed by atoms with Gasteiger partial charge >= 0.3 is 0 Å². The summed E-state index contributed by atoms with van der Waals surface area (Å²) in [5.41, 5.74) is 1.59. The van der Waals surface area contributed by atoms with E-state index >= 15 is 0 Å². The molecular formula is C29H34Cl2N4O4. The Bertz CT molecular complexity index is 1260. The summed E-state index contributed by atoms with van der Waals surface area (Å²) in [6, 6.07) is 17.0. The number of aromatic hydroxyl groups is 2. The number of nitrogens with zero attached hydrogens (tertiary/aromatic N) is 2. The maximum atomic E-state index is 13.7. The van der Waals surface area contributed by atoms with Gasteiger partial charge in [0.1, 0.15) is 0 Å². The molecule has 1 saturated heterocycles. The highest BCUT2D eigenvalue weighted by atomic mass is 35.5. The van der Waals surface area contributed by atoms with Gasteiger partial charge in [-0.2, -0.15) is 0 Å². The van der Waals surface area contributed by atoms with E-state index in [2.05, 4.69) is 29.7 Å². The quantitative estimate of drug-likeness (QED) is 0.280. The van der Waals surface area contributed by atoms with Crippen LogP contribution in [0.2, 0.25) is 10.0 Å². The molecular weight excluding hydrogens is 539 g/mol. The molecule has 8 nitrogen and oxygen atoms in total. The second-order valence-electron chi connectivity index (χ2n) is 9.83. The minimum absolute atomic E-state index is 0.0335. The minimum Gasteiger partial charge on any atom is -0.494 e. The molecule has 0 spiro atoms. The molecule has 1 aliphatic heterocycles. The molecule has 0 bridgehead atoms. The average molecular weight is 574 g/mol. The number of amides is 2. The Balaban J connectivity index is 1.48. The summed E-state index contributed by atoms with van der Waals surface area (Å²) in [5, 5.41) is 27.2.